The fraction of sp³-hybridized carbons (Fsp3) is 0.300. The Bertz CT molecular complexity index is 301. The van der Waals surface area contributed by atoms with Crippen molar-refractivity contribution >= 4 is 11.8 Å². The van der Waals surface area contributed by atoms with Gasteiger partial charge in [0, 0.05) is 5.57 Å². The molecule has 56 valence electrons. The monoisotopic (exact) mass is 162 g/mol. The number of thioether (sulfide) groups is 1. The molecular formula is C10H10S. The van der Waals surface area contributed by atoms with Gasteiger partial charge in [0.05, 0.1) is 5.25 Å². The first-order valence-electron chi connectivity index (χ1n) is 3.75. The van der Waals surface area contributed by atoms with Gasteiger partial charge < -0.3 is 0 Å². The zero-order valence-corrected chi connectivity index (χ0v) is 7.37. The molecule has 1 atom stereocenters. The van der Waals surface area contributed by atoms with Crippen LogP contribution in [0.25, 0.3) is 0 Å². The highest BCUT2D eigenvalue weighted by molar-refractivity contribution is 8.04. The SMILES string of the molecule is C=C1CC=C=C2C=C(C)SC12. The Kier molecular flexibility index (Phi) is 1.56. The van der Waals surface area contributed by atoms with Crippen molar-refractivity contribution in [2.75, 3.05) is 0 Å². The molecule has 2 rings (SSSR count). The summed E-state index contributed by atoms with van der Waals surface area (Å²) < 4.78 is 0. The maximum absolute atomic E-state index is 4.05. The predicted molar refractivity (Wildman–Crippen MR) is 50.5 cm³/mol. The zero-order chi connectivity index (χ0) is 7.84. The lowest BCUT2D eigenvalue weighted by molar-refractivity contribution is 1.08. The normalized spacial score (nSPS) is 28.1. The third-order valence-corrected chi connectivity index (χ3v) is 3.26. The van der Waals surface area contributed by atoms with Crippen LogP contribution in [-0.4, -0.2) is 5.25 Å². The summed E-state index contributed by atoms with van der Waals surface area (Å²) in [5, 5.41) is 0.514. The summed E-state index contributed by atoms with van der Waals surface area (Å²) in [5.74, 6) is 0. The Labute approximate surface area is 71.4 Å². The maximum atomic E-state index is 4.05. The number of hydrogen-bond donors (Lipinski definition) is 0. The van der Waals surface area contributed by atoms with Gasteiger partial charge in [0.25, 0.3) is 0 Å². The molecule has 0 aromatic heterocycles. The number of rotatable bonds is 0. The van der Waals surface area contributed by atoms with Crippen LogP contribution in [-0.2, 0) is 0 Å². The third-order valence-electron chi connectivity index (χ3n) is 1.95. The second kappa shape index (κ2) is 2.44. The fourth-order valence-electron chi connectivity index (χ4n) is 1.41. The molecule has 0 saturated carbocycles. The van der Waals surface area contributed by atoms with Gasteiger partial charge in [-0.3, -0.25) is 0 Å². The van der Waals surface area contributed by atoms with Gasteiger partial charge in [-0.15, -0.1) is 17.5 Å². The molecule has 2 aliphatic rings. The molecule has 1 aliphatic carbocycles. The van der Waals surface area contributed by atoms with Crippen molar-refractivity contribution in [2.45, 2.75) is 18.6 Å². The Morgan fingerprint density at radius 2 is 2.55 bits per heavy atom. The number of hydrogen-bond acceptors (Lipinski definition) is 1. The molecule has 1 heterocycles. The van der Waals surface area contributed by atoms with Gasteiger partial charge in [-0.2, -0.15) is 0 Å². The van der Waals surface area contributed by atoms with Crippen LogP contribution in [0.1, 0.15) is 13.3 Å². The van der Waals surface area contributed by atoms with E-state index in [0.717, 1.165) is 6.42 Å². The van der Waals surface area contributed by atoms with E-state index in [9.17, 15) is 0 Å². The summed E-state index contributed by atoms with van der Waals surface area (Å²) in [6.07, 6.45) is 5.28. The first-order valence-corrected chi connectivity index (χ1v) is 4.63. The van der Waals surface area contributed by atoms with E-state index in [2.05, 4.69) is 31.4 Å². The maximum Gasteiger partial charge on any atom is 0.0624 e. The zero-order valence-electron chi connectivity index (χ0n) is 6.55. The van der Waals surface area contributed by atoms with Gasteiger partial charge in [-0.05, 0) is 30.4 Å². The highest BCUT2D eigenvalue weighted by atomic mass is 32.2. The van der Waals surface area contributed by atoms with Crippen molar-refractivity contribution in [1.29, 1.82) is 0 Å². The number of fused-ring (bicyclic) bond motifs is 1. The highest BCUT2D eigenvalue weighted by Crippen LogP contribution is 2.41. The smallest absolute Gasteiger partial charge is 0.0624 e. The lowest BCUT2D eigenvalue weighted by Gasteiger charge is -2.14. The summed E-state index contributed by atoms with van der Waals surface area (Å²) in [6.45, 7) is 6.19. The van der Waals surface area contributed by atoms with Crippen molar-refractivity contribution in [2.24, 2.45) is 0 Å². The summed E-state index contributed by atoms with van der Waals surface area (Å²) >= 11 is 1.90. The van der Waals surface area contributed by atoms with Crippen LogP contribution in [0.3, 0.4) is 0 Å². The van der Waals surface area contributed by atoms with E-state index in [1.165, 1.54) is 16.1 Å². The molecule has 1 heteroatoms. The van der Waals surface area contributed by atoms with Crippen molar-refractivity contribution in [3.8, 4) is 0 Å². The summed E-state index contributed by atoms with van der Waals surface area (Å²) in [7, 11) is 0. The van der Waals surface area contributed by atoms with Crippen LogP contribution >= 0.6 is 11.8 Å². The van der Waals surface area contributed by atoms with E-state index in [1.807, 2.05) is 11.8 Å². The Balaban J connectivity index is 2.43. The Hall–Kier alpha value is -0.650. The van der Waals surface area contributed by atoms with Crippen molar-refractivity contribution < 1.29 is 0 Å². The van der Waals surface area contributed by atoms with Crippen LogP contribution < -0.4 is 0 Å². The fourth-order valence-corrected chi connectivity index (χ4v) is 2.50. The topological polar surface area (TPSA) is 0 Å². The molecule has 11 heavy (non-hydrogen) atoms. The molecule has 0 N–H and O–H groups in total. The lowest BCUT2D eigenvalue weighted by atomic mass is 10.00. The van der Waals surface area contributed by atoms with E-state index in [0.29, 0.717) is 5.25 Å². The predicted octanol–water partition coefficient (Wildman–Crippen LogP) is 3.05. The minimum atomic E-state index is 0.514. The molecule has 0 aromatic rings. The number of allylic oxidation sites excluding steroid dienone is 2. The van der Waals surface area contributed by atoms with E-state index in [-0.39, 0.29) is 0 Å². The minimum Gasteiger partial charge on any atom is -0.120 e. The molecule has 0 amide bonds. The third kappa shape index (κ3) is 1.11. The second-order valence-corrected chi connectivity index (χ2v) is 4.27. The van der Waals surface area contributed by atoms with E-state index in [4.69, 9.17) is 0 Å². The summed E-state index contributed by atoms with van der Waals surface area (Å²) in [5.41, 5.74) is 5.90. The molecule has 1 unspecified atom stereocenters. The minimum absolute atomic E-state index is 0.514. The van der Waals surface area contributed by atoms with Crippen LogP contribution in [0.2, 0.25) is 0 Å². The molecule has 0 spiro atoms. The van der Waals surface area contributed by atoms with Gasteiger partial charge in [0.15, 0.2) is 0 Å². The van der Waals surface area contributed by atoms with Crippen LogP contribution in [0.5, 0.6) is 0 Å². The average Bonchev–Trinajstić information content (AvgIpc) is 2.31. The van der Waals surface area contributed by atoms with Gasteiger partial charge >= 0.3 is 0 Å². The molecule has 0 nitrogen and oxygen atoms in total. The van der Waals surface area contributed by atoms with Crippen molar-refractivity contribution in [3.05, 3.63) is 40.5 Å². The molecular weight excluding hydrogens is 152 g/mol. The summed E-state index contributed by atoms with van der Waals surface area (Å²) in [6, 6.07) is 0. The van der Waals surface area contributed by atoms with Crippen molar-refractivity contribution in [1.82, 2.24) is 0 Å². The van der Waals surface area contributed by atoms with E-state index >= 15 is 0 Å². The van der Waals surface area contributed by atoms with Gasteiger partial charge in [0.2, 0.25) is 0 Å². The van der Waals surface area contributed by atoms with Gasteiger partial charge in [-0.1, -0.05) is 12.2 Å². The first kappa shape index (κ1) is 7.02. The average molecular weight is 162 g/mol. The summed E-state index contributed by atoms with van der Waals surface area (Å²) in [4.78, 5) is 1.38. The molecule has 0 aromatic carbocycles. The first-order chi connectivity index (χ1) is 5.27. The molecule has 0 radical (unpaired) electrons. The second-order valence-electron chi connectivity index (χ2n) is 2.92. The molecule has 0 fully saturated rings. The quantitative estimate of drug-likeness (QED) is 0.389. The standard InChI is InChI=1S/C10H10S/c1-7-4-3-5-9-6-8(2)11-10(7)9/h3,6,10H,1,4H2,2H3. The highest BCUT2D eigenvalue weighted by Gasteiger charge is 2.24. The van der Waals surface area contributed by atoms with Crippen LogP contribution in [0.4, 0.5) is 0 Å². The van der Waals surface area contributed by atoms with Gasteiger partial charge in [0.1, 0.15) is 0 Å². The molecule has 0 saturated heterocycles. The van der Waals surface area contributed by atoms with E-state index < -0.39 is 0 Å². The van der Waals surface area contributed by atoms with Gasteiger partial charge in [-0.25, -0.2) is 0 Å². The lowest BCUT2D eigenvalue weighted by Crippen LogP contribution is -2.05. The largest absolute Gasteiger partial charge is 0.120 e. The Morgan fingerprint density at radius 1 is 1.73 bits per heavy atom. The Morgan fingerprint density at radius 3 is 3.27 bits per heavy atom. The van der Waals surface area contributed by atoms with Crippen LogP contribution in [0.15, 0.2) is 40.5 Å². The van der Waals surface area contributed by atoms with E-state index in [1.54, 1.807) is 0 Å². The molecule has 1 aliphatic heterocycles. The van der Waals surface area contributed by atoms with Crippen molar-refractivity contribution in [3.63, 3.8) is 0 Å². The molecule has 0 bridgehead atoms. The van der Waals surface area contributed by atoms with Crippen LogP contribution in [0, 0.1) is 0 Å².